The standard InChI is InChI=1S/C20H20N2O4/c1-25-19(23)21-17(15-9-5-3-6-10-15)13-14-18(22(21)20(24)26-2)16-11-7-4-8-12-16/h3-14,17-18H,1-2H3/t17-,18+. The average Bonchev–Trinajstić information content (AvgIpc) is 2.72. The lowest BCUT2D eigenvalue weighted by Gasteiger charge is -2.43. The van der Waals surface area contributed by atoms with Crippen LogP contribution in [-0.2, 0) is 9.47 Å². The van der Waals surface area contributed by atoms with Crippen molar-refractivity contribution >= 4 is 12.2 Å². The summed E-state index contributed by atoms with van der Waals surface area (Å²) in [6.45, 7) is 0. The van der Waals surface area contributed by atoms with E-state index in [2.05, 4.69) is 0 Å². The first-order valence-corrected chi connectivity index (χ1v) is 8.20. The predicted octanol–water partition coefficient (Wildman–Crippen LogP) is 4.09. The summed E-state index contributed by atoms with van der Waals surface area (Å²) in [5.74, 6) is 0. The van der Waals surface area contributed by atoms with Gasteiger partial charge in [-0.3, -0.25) is 0 Å². The second-order valence-corrected chi connectivity index (χ2v) is 5.73. The van der Waals surface area contributed by atoms with Crippen molar-refractivity contribution in [2.24, 2.45) is 0 Å². The Morgan fingerprint density at radius 1 is 0.692 bits per heavy atom. The minimum Gasteiger partial charge on any atom is -0.451 e. The van der Waals surface area contributed by atoms with Crippen LogP contribution in [-0.4, -0.2) is 36.4 Å². The van der Waals surface area contributed by atoms with Crippen LogP contribution in [0.2, 0.25) is 0 Å². The molecule has 6 heteroatoms. The molecule has 134 valence electrons. The molecule has 1 aliphatic heterocycles. The van der Waals surface area contributed by atoms with E-state index in [4.69, 9.17) is 9.47 Å². The lowest BCUT2D eigenvalue weighted by molar-refractivity contribution is -0.0491. The Kier molecular flexibility index (Phi) is 5.22. The molecule has 0 unspecified atom stereocenters. The largest absolute Gasteiger partial charge is 0.451 e. The number of carbonyl (C=O) groups excluding carboxylic acids is 2. The lowest BCUT2D eigenvalue weighted by atomic mass is 9.99. The second kappa shape index (κ2) is 7.74. The van der Waals surface area contributed by atoms with E-state index in [0.29, 0.717) is 0 Å². The molecule has 0 aromatic heterocycles. The summed E-state index contributed by atoms with van der Waals surface area (Å²) in [7, 11) is 2.57. The molecule has 0 N–H and O–H groups in total. The van der Waals surface area contributed by atoms with Crippen LogP contribution in [0.5, 0.6) is 0 Å². The van der Waals surface area contributed by atoms with Crippen molar-refractivity contribution in [3.63, 3.8) is 0 Å². The number of carbonyl (C=O) groups is 2. The maximum absolute atomic E-state index is 12.6. The predicted molar refractivity (Wildman–Crippen MR) is 96.0 cm³/mol. The van der Waals surface area contributed by atoms with Crippen LogP contribution in [0.1, 0.15) is 23.2 Å². The van der Waals surface area contributed by atoms with Crippen LogP contribution in [0, 0.1) is 0 Å². The highest BCUT2D eigenvalue weighted by Gasteiger charge is 2.41. The molecule has 26 heavy (non-hydrogen) atoms. The first-order chi connectivity index (χ1) is 12.7. The summed E-state index contributed by atoms with van der Waals surface area (Å²) in [6.07, 6.45) is 2.50. The molecule has 0 saturated carbocycles. The van der Waals surface area contributed by atoms with E-state index in [1.807, 2.05) is 72.8 Å². The van der Waals surface area contributed by atoms with E-state index in [1.165, 1.54) is 24.2 Å². The zero-order valence-electron chi connectivity index (χ0n) is 14.6. The molecule has 2 amide bonds. The summed E-state index contributed by atoms with van der Waals surface area (Å²) >= 11 is 0. The Labute approximate surface area is 152 Å². The summed E-state index contributed by atoms with van der Waals surface area (Å²) in [5.41, 5.74) is 1.71. The van der Waals surface area contributed by atoms with Gasteiger partial charge in [-0.15, -0.1) is 0 Å². The van der Waals surface area contributed by atoms with E-state index in [-0.39, 0.29) is 0 Å². The smallest absolute Gasteiger partial charge is 0.429 e. The van der Waals surface area contributed by atoms with Gasteiger partial charge in [0, 0.05) is 0 Å². The van der Waals surface area contributed by atoms with Crippen molar-refractivity contribution < 1.29 is 19.1 Å². The molecule has 0 aliphatic carbocycles. The SMILES string of the molecule is COC(=O)N1[C@@H](c2ccccc2)C=C[C@@H](c2ccccc2)N1C(=O)OC. The van der Waals surface area contributed by atoms with Crippen molar-refractivity contribution in [2.45, 2.75) is 12.1 Å². The van der Waals surface area contributed by atoms with E-state index in [1.54, 1.807) is 0 Å². The number of amides is 2. The fourth-order valence-corrected chi connectivity index (χ4v) is 3.04. The molecule has 1 aliphatic rings. The highest BCUT2D eigenvalue weighted by molar-refractivity contribution is 5.76. The van der Waals surface area contributed by atoms with E-state index >= 15 is 0 Å². The van der Waals surface area contributed by atoms with Gasteiger partial charge in [0.25, 0.3) is 0 Å². The van der Waals surface area contributed by atoms with Gasteiger partial charge in [0.15, 0.2) is 0 Å². The summed E-state index contributed by atoms with van der Waals surface area (Å²) in [4.78, 5) is 25.2. The lowest BCUT2D eigenvalue weighted by Crippen LogP contribution is -2.54. The minimum atomic E-state index is -0.644. The highest BCUT2D eigenvalue weighted by atomic mass is 16.6. The Hall–Kier alpha value is -3.28. The maximum atomic E-state index is 12.6. The molecule has 0 fully saturated rings. The number of nitrogens with zero attached hydrogens (tertiary/aromatic N) is 2. The fourth-order valence-electron chi connectivity index (χ4n) is 3.04. The number of rotatable bonds is 2. The monoisotopic (exact) mass is 352 g/mol. The van der Waals surface area contributed by atoms with Crippen LogP contribution in [0.4, 0.5) is 9.59 Å². The Bertz CT molecular complexity index is 724. The molecule has 2 atom stereocenters. The van der Waals surface area contributed by atoms with E-state index in [0.717, 1.165) is 11.1 Å². The molecule has 2 aromatic rings. The third-order valence-electron chi connectivity index (χ3n) is 4.24. The fraction of sp³-hybridized carbons (Fsp3) is 0.200. The molecule has 1 heterocycles. The molecule has 0 saturated heterocycles. The first kappa shape index (κ1) is 17.5. The average molecular weight is 352 g/mol. The maximum Gasteiger partial charge on any atom is 0.429 e. The van der Waals surface area contributed by atoms with Gasteiger partial charge in [-0.1, -0.05) is 72.8 Å². The van der Waals surface area contributed by atoms with Crippen LogP contribution in [0.25, 0.3) is 0 Å². The molecule has 0 bridgehead atoms. The van der Waals surface area contributed by atoms with Gasteiger partial charge < -0.3 is 9.47 Å². The molecule has 0 spiro atoms. The van der Waals surface area contributed by atoms with Gasteiger partial charge in [-0.05, 0) is 11.1 Å². The van der Waals surface area contributed by atoms with Crippen LogP contribution in [0.15, 0.2) is 72.8 Å². The first-order valence-electron chi connectivity index (χ1n) is 8.20. The van der Waals surface area contributed by atoms with Gasteiger partial charge in [-0.25, -0.2) is 19.6 Å². The molecule has 6 nitrogen and oxygen atoms in total. The molecule has 3 rings (SSSR count). The number of hydrogen-bond donors (Lipinski definition) is 0. The Balaban J connectivity index is 2.12. The normalized spacial score (nSPS) is 19.2. The van der Waals surface area contributed by atoms with Crippen LogP contribution < -0.4 is 0 Å². The summed E-state index contributed by atoms with van der Waals surface area (Å²) in [6, 6.07) is 17.9. The third kappa shape index (κ3) is 3.26. The topological polar surface area (TPSA) is 59.1 Å². The van der Waals surface area contributed by atoms with Crippen LogP contribution >= 0.6 is 0 Å². The third-order valence-corrected chi connectivity index (χ3v) is 4.24. The zero-order chi connectivity index (χ0) is 18.5. The van der Waals surface area contributed by atoms with E-state index < -0.39 is 24.3 Å². The summed E-state index contributed by atoms with van der Waals surface area (Å²) < 4.78 is 9.91. The molecular weight excluding hydrogens is 332 g/mol. The summed E-state index contributed by atoms with van der Waals surface area (Å²) in [5, 5.41) is 2.58. The number of hydrogen-bond acceptors (Lipinski definition) is 4. The number of ether oxygens (including phenoxy) is 2. The van der Waals surface area contributed by atoms with E-state index in [9.17, 15) is 9.59 Å². The van der Waals surface area contributed by atoms with Crippen LogP contribution in [0.3, 0.4) is 0 Å². The van der Waals surface area contributed by atoms with Gasteiger partial charge in [0.1, 0.15) is 12.1 Å². The second-order valence-electron chi connectivity index (χ2n) is 5.73. The number of methoxy groups -OCH3 is 2. The number of benzene rings is 2. The minimum absolute atomic E-state index is 0.484. The Morgan fingerprint density at radius 3 is 1.35 bits per heavy atom. The van der Waals surface area contributed by atoms with Gasteiger partial charge >= 0.3 is 12.2 Å². The van der Waals surface area contributed by atoms with Crippen molar-refractivity contribution in [2.75, 3.05) is 14.2 Å². The van der Waals surface area contributed by atoms with Crippen molar-refractivity contribution in [1.82, 2.24) is 10.0 Å². The highest BCUT2D eigenvalue weighted by Crippen LogP contribution is 2.37. The van der Waals surface area contributed by atoms with Crippen molar-refractivity contribution in [1.29, 1.82) is 0 Å². The molecule has 0 radical (unpaired) electrons. The number of hydrazine groups is 1. The molecular formula is C20H20N2O4. The van der Waals surface area contributed by atoms with Gasteiger partial charge in [0.2, 0.25) is 0 Å². The molecule has 2 aromatic carbocycles. The van der Waals surface area contributed by atoms with Crippen molar-refractivity contribution in [3.05, 3.63) is 83.9 Å². The zero-order valence-corrected chi connectivity index (χ0v) is 14.6. The van der Waals surface area contributed by atoms with Gasteiger partial charge in [-0.2, -0.15) is 0 Å². The van der Waals surface area contributed by atoms with Crippen molar-refractivity contribution in [3.8, 4) is 0 Å². The quantitative estimate of drug-likeness (QED) is 0.764. The van der Waals surface area contributed by atoms with Gasteiger partial charge in [0.05, 0.1) is 14.2 Å². The Morgan fingerprint density at radius 2 is 1.04 bits per heavy atom.